The summed E-state index contributed by atoms with van der Waals surface area (Å²) in [4.78, 5) is 15.5. The molecule has 0 bridgehead atoms. The number of carbonyl (C=O) groups is 1. The van der Waals surface area contributed by atoms with E-state index in [4.69, 9.17) is 9.15 Å². The van der Waals surface area contributed by atoms with Crippen molar-refractivity contribution < 1.29 is 13.9 Å². The normalized spacial score (nSPS) is 10.6. The number of rotatable bonds is 4. The highest BCUT2D eigenvalue weighted by molar-refractivity contribution is 7.97. The Kier molecular flexibility index (Phi) is 4.57. The average Bonchev–Trinajstić information content (AvgIpc) is 2.87. The summed E-state index contributed by atoms with van der Waals surface area (Å²) in [5.74, 6) is 0.375. The van der Waals surface area contributed by atoms with Crippen molar-refractivity contribution in [3.05, 3.63) is 24.5 Å². The highest BCUT2D eigenvalue weighted by Gasteiger charge is 2.17. The summed E-state index contributed by atoms with van der Waals surface area (Å²) >= 11 is 1.01. The van der Waals surface area contributed by atoms with E-state index in [1.54, 1.807) is 45.4 Å². The number of hydrogen-bond donors (Lipinski definition) is 0. The maximum atomic E-state index is 11.6. The van der Waals surface area contributed by atoms with Gasteiger partial charge in [0, 0.05) is 25.0 Å². The van der Waals surface area contributed by atoms with Crippen LogP contribution in [0, 0.1) is 0 Å². The second kappa shape index (κ2) is 6.38. The summed E-state index contributed by atoms with van der Waals surface area (Å²) in [5.41, 5.74) is 0.770. The second-order valence-corrected chi connectivity index (χ2v) is 5.21. The molecule has 0 aliphatic heterocycles. The van der Waals surface area contributed by atoms with Crippen LogP contribution in [0.5, 0.6) is 0 Å². The Bertz CT molecular complexity index is 573. The van der Waals surface area contributed by atoms with Crippen molar-refractivity contribution in [2.45, 2.75) is 25.2 Å². The lowest BCUT2D eigenvalue weighted by Gasteiger charge is -2.15. The molecular formula is C12H14N4O3S. The van der Waals surface area contributed by atoms with Crippen LogP contribution in [-0.4, -0.2) is 38.7 Å². The van der Waals surface area contributed by atoms with Crippen LogP contribution < -0.4 is 0 Å². The highest BCUT2D eigenvalue weighted by Crippen LogP contribution is 2.24. The van der Waals surface area contributed by atoms with Crippen LogP contribution in [0.3, 0.4) is 0 Å². The molecule has 0 unspecified atom stereocenters. The van der Waals surface area contributed by atoms with Crippen molar-refractivity contribution >= 4 is 18.0 Å². The summed E-state index contributed by atoms with van der Waals surface area (Å²) in [6, 6.07) is 3.53. The average molecular weight is 294 g/mol. The molecule has 0 spiro atoms. The fourth-order valence-electron chi connectivity index (χ4n) is 1.29. The highest BCUT2D eigenvalue weighted by atomic mass is 32.2. The molecule has 1 amide bonds. The lowest BCUT2D eigenvalue weighted by molar-refractivity contribution is 0.103. The molecule has 2 aromatic heterocycles. The zero-order chi connectivity index (χ0) is 14.5. The first-order valence-corrected chi connectivity index (χ1v) is 6.70. The third-order valence-corrected chi connectivity index (χ3v) is 2.89. The monoisotopic (exact) mass is 294 g/mol. The van der Waals surface area contributed by atoms with Crippen LogP contribution in [-0.2, 0) is 4.74 Å². The molecule has 2 rings (SSSR count). The smallest absolute Gasteiger partial charge is 0.420 e. The van der Waals surface area contributed by atoms with E-state index in [0.717, 1.165) is 17.5 Å². The summed E-state index contributed by atoms with van der Waals surface area (Å²) in [7, 11) is 1.58. The second-order valence-electron chi connectivity index (χ2n) is 4.13. The molecule has 0 aliphatic rings. The first-order chi connectivity index (χ1) is 9.56. The van der Waals surface area contributed by atoms with Gasteiger partial charge in [0.1, 0.15) is 0 Å². The van der Waals surface area contributed by atoms with Crippen molar-refractivity contribution in [2.24, 2.45) is 0 Å². The fourth-order valence-corrected chi connectivity index (χ4v) is 1.83. The molecule has 7 nitrogen and oxygen atoms in total. The van der Waals surface area contributed by atoms with Gasteiger partial charge < -0.3 is 9.15 Å². The predicted molar refractivity (Wildman–Crippen MR) is 72.8 cm³/mol. The Hall–Kier alpha value is -2.09. The van der Waals surface area contributed by atoms with Crippen molar-refractivity contribution in [1.29, 1.82) is 0 Å². The van der Waals surface area contributed by atoms with Crippen molar-refractivity contribution in [3.63, 3.8) is 0 Å². The van der Waals surface area contributed by atoms with Gasteiger partial charge in [0.25, 0.3) is 5.22 Å². The lowest BCUT2D eigenvalue weighted by atomic mass is 10.3. The largest absolute Gasteiger partial charge is 0.446 e. The van der Waals surface area contributed by atoms with E-state index in [1.165, 1.54) is 4.31 Å². The molecular weight excluding hydrogens is 280 g/mol. The molecule has 0 atom stereocenters. The molecule has 8 heteroatoms. The zero-order valence-corrected chi connectivity index (χ0v) is 12.1. The molecule has 20 heavy (non-hydrogen) atoms. The van der Waals surface area contributed by atoms with Gasteiger partial charge >= 0.3 is 6.09 Å². The van der Waals surface area contributed by atoms with E-state index in [9.17, 15) is 4.79 Å². The minimum atomic E-state index is -0.464. The fraction of sp³-hybridized carbons (Fsp3) is 0.333. The first kappa shape index (κ1) is 14.3. The predicted octanol–water partition coefficient (Wildman–Crippen LogP) is 2.62. The molecule has 0 aliphatic carbocycles. The van der Waals surface area contributed by atoms with Crippen molar-refractivity contribution in [3.8, 4) is 11.5 Å². The number of aromatic nitrogens is 3. The molecule has 106 valence electrons. The van der Waals surface area contributed by atoms with Gasteiger partial charge in [-0.3, -0.25) is 4.98 Å². The van der Waals surface area contributed by atoms with Gasteiger partial charge in [-0.2, -0.15) is 0 Å². The van der Waals surface area contributed by atoms with E-state index >= 15 is 0 Å². The molecule has 0 fully saturated rings. The van der Waals surface area contributed by atoms with E-state index < -0.39 is 6.09 Å². The molecule has 2 heterocycles. The molecule has 0 saturated heterocycles. The van der Waals surface area contributed by atoms with Crippen molar-refractivity contribution in [2.75, 3.05) is 7.05 Å². The number of nitrogens with zero attached hydrogens (tertiary/aromatic N) is 4. The maximum absolute atomic E-state index is 11.6. The maximum Gasteiger partial charge on any atom is 0.420 e. The molecule has 2 aromatic rings. The van der Waals surface area contributed by atoms with Gasteiger partial charge in [-0.05, 0) is 26.0 Å². The van der Waals surface area contributed by atoms with E-state index in [-0.39, 0.29) is 11.3 Å². The summed E-state index contributed by atoms with van der Waals surface area (Å²) < 4.78 is 11.8. The van der Waals surface area contributed by atoms with E-state index in [2.05, 4.69) is 15.2 Å². The molecule has 0 N–H and O–H groups in total. The molecule has 0 radical (unpaired) electrons. The minimum Gasteiger partial charge on any atom is -0.446 e. The third kappa shape index (κ3) is 3.70. The SMILES string of the molecule is CC(C)OC(=O)N(C)Sc1nnc(-c2ccncc2)o1. The van der Waals surface area contributed by atoms with Crippen LogP contribution in [0.2, 0.25) is 0 Å². The standard InChI is InChI=1S/C12H14N4O3S/c1-8(2)18-12(17)16(3)20-11-15-14-10(19-11)9-4-6-13-7-5-9/h4-8H,1-3H3. The van der Waals surface area contributed by atoms with Crippen molar-refractivity contribution in [1.82, 2.24) is 19.5 Å². The number of hydrogen-bond acceptors (Lipinski definition) is 7. The van der Waals surface area contributed by atoms with Gasteiger partial charge in [0.2, 0.25) is 5.89 Å². The zero-order valence-electron chi connectivity index (χ0n) is 11.3. The van der Waals surface area contributed by atoms with Crippen LogP contribution in [0.4, 0.5) is 4.79 Å². The Morgan fingerprint density at radius 1 is 1.35 bits per heavy atom. The third-order valence-electron chi connectivity index (χ3n) is 2.14. The van der Waals surface area contributed by atoms with Gasteiger partial charge in [-0.1, -0.05) is 5.10 Å². The van der Waals surface area contributed by atoms with Crippen LogP contribution in [0.1, 0.15) is 13.8 Å². The first-order valence-electron chi connectivity index (χ1n) is 5.92. The van der Waals surface area contributed by atoms with Gasteiger partial charge in [0.05, 0.1) is 18.1 Å². The Balaban J connectivity index is 2.01. The Morgan fingerprint density at radius 3 is 2.70 bits per heavy atom. The topological polar surface area (TPSA) is 81.4 Å². The summed E-state index contributed by atoms with van der Waals surface area (Å²) in [6.45, 7) is 3.56. The quantitative estimate of drug-likeness (QED) is 0.801. The Morgan fingerprint density at radius 2 is 2.05 bits per heavy atom. The van der Waals surface area contributed by atoms with Crippen LogP contribution in [0.25, 0.3) is 11.5 Å². The number of pyridine rings is 1. The summed E-state index contributed by atoms with van der Waals surface area (Å²) in [6.07, 6.45) is 2.63. The number of carbonyl (C=O) groups excluding carboxylic acids is 1. The van der Waals surface area contributed by atoms with Gasteiger partial charge in [-0.15, -0.1) is 5.10 Å². The number of ether oxygens (including phenoxy) is 1. The minimum absolute atomic E-state index is 0.180. The lowest BCUT2D eigenvalue weighted by Crippen LogP contribution is -2.23. The molecule has 0 aromatic carbocycles. The van der Waals surface area contributed by atoms with E-state index in [1.807, 2.05) is 0 Å². The summed E-state index contributed by atoms with van der Waals surface area (Å²) in [5, 5.41) is 8.05. The van der Waals surface area contributed by atoms with Gasteiger partial charge in [-0.25, -0.2) is 9.10 Å². The van der Waals surface area contributed by atoms with Crippen LogP contribution in [0.15, 0.2) is 34.2 Å². The van der Waals surface area contributed by atoms with E-state index in [0.29, 0.717) is 5.89 Å². The van der Waals surface area contributed by atoms with Gasteiger partial charge in [0.15, 0.2) is 0 Å². The Labute approximate surface area is 120 Å². The van der Waals surface area contributed by atoms with Crippen LogP contribution >= 0.6 is 11.9 Å². The molecule has 0 saturated carbocycles. The number of amides is 1.